The first-order valence-electron chi connectivity index (χ1n) is 9.14. The Kier molecular flexibility index (Phi) is 4.41. The van der Waals surface area contributed by atoms with E-state index in [9.17, 15) is 4.79 Å². The van der Waals surface area contributed by atoms with Crippen molar-refractivity contribution >= 4 is 11.7 Å². The topological polar surface area (TPSA) is 51.7 Å². The van der Waals surface area contributed by atoms with Gasteiger partial charge in [-0.15, -0.1) is 0 Å². The fourth-order valence-electron chi connectivity index (χ4n) is 4.07. The molecule has 0 saturated carbocycles. The number of carbonyl (C=O) groups excluding carboxylic acids is 1. The molecule has 24 heavy (non-hydrogen) atoms. The molecule has 2 atom stereocenters. The summed E-state index contributed by atoms with van der Waals surface area (Å²) < 4.78 is 0. The van der Waals surface area contributed by atoms with Gasteiger partial charge >= 0.3 is 0 Å². The predicted octanol–water partition coefficient (Wildman–Crippen LogP) is 0.800. The van der Waals surface area contributed by atoms with Crippen LogP contribution >= 0.6 is 0 Å². The third-order valence-corrected chi connectivity index (χ3v) is 5.63. The fourth-order valence-corrected chi connectivity index (χ4v) is 4.07. The largest absolute Gasteiger partial charge is 0.354 e. The van der Waals surface area contributed by atoms with Crippen LogP contribution < -0.4 is 10.2 Å². The van der Waals surface area contributed by atoms with Crippen LogP contribution in [0.3, 0.4) is 0 Å². The molecular formula is C18H27N5O. The highest BCUT2D eigenvalue weighted by molar-refractivity contribution is 5.95. The number of likely N-dealkylation sites (N-methyl/N-ethyl adjacent to an activating group) is 1. The summed E-state index contributed by atoms with van der Waals surface area (Å²) in [5.74, 6) is 1.09. The Bertz CT molecular complexity index is 599. The van der Waals surface area contributed by atoms with Gasteiger partial charge in [0.25, 0.3) is 5.91 Å². The second-order valence-electron chi connectivity index (χ2n) is 7.37. The van der Waals surface area contributed by atoms with Gasteiger partial charge in [-0.1, -0.05) is 0 Å². The van der Waals surface area contributed by atoms with Gasteiger partial charge in [0.1, 0.15) is 5.82 Å². The molecule has 6 nitrogen and oxygen atoms in total. The molecule has 1 N–H and O–H groups in total. The highest BCUT2D eigenvalue weighted by atomic mass is 16.2. The van der Waals surface area contributed by atoms with Crippen LogP contribution in [-0.4, -0.2) is 79.1 Å². The molecule has 3 fully saturated rings. The van der Waals surface area contributed by atoms with Crippen molar-refractivity contribution in [2.45, 2.75) is 31.3 Å². The van der Waals surface area contributed by atoms with Crippen LogP contribution in [0.5, 0.6) is 0 Å². The molecule has 4 heterocycles. The maximum atomic E-state index is 13.0. The van der Waals surface area contributed by atoms with Gasteiger partial charge in [0.2, 0.25) is 0 Å². The molecule has 130 valence electrons. The van der Waals surface area contributed by atoms with Crippen molar-refractivity contribution in [1.82, 2.24) is 20.1 Å². The summed E-state index contributed by atoms with van der Waals surface area (Å²) >= 11 is 0. The van der Waals surface area contributed by atoms with E-state index < -0.39 is 0 Å². The lowest BCUT2D eigenvalue weighted by Gasteiger charge is -2.33. The SMILES string of the molecule is CN1CCN(c2cc(C(=O)N3CCC4CCC(C3)N4)ccn2)CC1. The normalized spacial score (nSPS) is 28.0. The second kappa shape index (κ2) is 6.69. The molecule has 0 radical (unpaired) electrons. The third kappa shape index (κ3) is 3.26. The molecule has 4 rings (SSSR count). The van der Waals surface area contributed by atoms with E-state index in [0.717, 1.165) is 57.1 Å². The smallest absolute Gasteiger partial charge is 0.254 e. The number of piperazine rings is 1. The number of hydrogen-bond donors (Lipinski definition) is 1. The highest BCUT2D eigenvalue weighted by Crippen LogP contribution is 2.22. The number of amides is 1. The van der Waals surface area contributed by atoms with Gasteiger partial charge in [-0.3, -0.25) is 4.79 Å². The van der Waals surface area contributed by atoms with Crippen molar-refractivity contribution in [1.29, 1.82) is 0 Å². The van der Waals surface area contributed by atoms with Gasteiger partial charge in [0.05, 0.1) is 0 Å². The van der Waals surface area contributed by atoms with Crippen LogP contribution in [0.1, 0.15) is 29.6 Å². The Morgan fingerprint density at radius 1 is 1.12 bits per heavy atom. The summed E-state index contributed by atoms with van der Waals surface area (Å²) in [7, 11) is 2.14. The van der Waals surface area contributed by atoms with E-state index in [0.29, 0.717) is 12.1 Å². The molecule has 1 aromatic heterocycles. The zero-order valence-corrected chi connectivity index (χ0v) is 14.4. The number of aromatic nitrogens is 1. The molecule has 3 saturated heterocycles. The lowest BCUT2D eigenvalue weighted by molar-refractivity contribution is 0.0748. The summed E-state index contributed by atoms with van der Waals surface area (Å²) in [5, 5.41) is 3.64. The van der Waals surface area contributed by atoms with Crippen LogP contribution in [0.4, 0.5) is 5.82 Å². The highest BCUT2D eigenvalue weighted by Gasteiger charge is 2.31. The van der Waals surface area contributed by atoms with Crippen LogP contribution in [0.2, 0.25) is 0 Å². The summed E-state index contributed by atoms with van der Waals surface area (Å²) in [4.78, 5) is 24.1. The van der Waals surface area contributed by atoms with Crippen molar-refractivity contribution in [2.24, 2.45) is 0 Å². The van der Waals surface area contributed by atoms with Gasteiger partial charge in [-0.2, -0.15) is 0 Å². The van der Waals surface area contributed by atoms with Crippen LogP contribution in [0, 0.1) is 0 Å². The molecule has 3 aliphatic rings. The Labute approximate surface area is 143 Å². The molecule has 0 aliphatic carbocycles. The summed E-state index contributed by atoms with van der Waals surface area (Å²) in [5.41, 5.74) is 0.775. The standard InChI is InChI=1S/C18H27N5O/c1-21-8-10-22(11-9-21)17-12-14(4-6-19-17)18(24)23-7-5-15-2-3-16(13-23)20-15/h4,6,12,15-16,20H,2-3,5,7-11,13H2,1H3. The minimum atomic E-state index is 0.155. The maximum absolute atomic E-state index is 13.0. The van der Waals surface area contributed by atoms with Crippen LogP contribution in [-0.2, 0) is 0 Å². The number of nitrogens with one attached hydrogen (secondary N) is 1. The van der Waals surface area contributed by atoms with Crippen molar-refractivity contribution in [3.63, 3.8) is 0 Å². The molecule has 3 aliphatic heterocycles. The van der Waals surface area contributed by atoms with E-state index in [2.05, 4.69) is 27.1 Å². The number of fused-ring (bicyclic) bond motifs is 2. The number of carbonyl (C=O) groups is 1. The minimum Gasteiger partial charge on any atom is -0.354 e. The van der Waals surface area contributed by atoms with Gasteiger partial charge in [0.15, 0.2) is 0 Å². The fraction of sp³-hybridized carbons (Fsp3) is 0.667. The van der Waals surface area contributed by atoms with Gasteiger partial charge in [0, 0.05) is 63.1 Å². The molecule has 0 aromatic carbocycles. The maximum Gasteiger partial charge on any atom is 0.254 e. The molecule has 2 bridgehead atoms. The first-order chi connectivity index (χ1) is 11.7. The van der Waals surface area contributed by atoms with Crippen LogP contribution in [0.25, 0.3) is 0 Å². The van der Waals surface area contributed by atoms with E-state index in [1.54, 1.807) is 6.20 Å². The predicted molar refractivity (Wildman–Crippen MR) is 94.4 cm³/mol. The molecule has 2 unspecified atom stereocenters. The summed E-state index contributed by atoms with van der Waals surface area (Å²) in [6, 6.07) is 4.91. The average Bonchev–Trinajstić information content (AvgIpc) is 2.94. The molecule has 1 aromatic rings. The molecule has 6 heteroatoms. The quantitative estimate of drug-likeness (QED) is 0.870. The van der Waals surface area contributed by atoms with Crippen molar-refractivity contribution in [3.05, 3.63) is 23.9 Å². The number of pyridine rings is 1. The molecular weight excluding hydrogens is 302 g/mol. The molecule has 1 amide bonds. The number of nitrogens with zero attached hydrogens (tertiary/aromatic N) is 4. The first-order valence-corrected chi connectivity index (χ1v) is 9.14. The Morgan fingerprint density at radius 3 is 2.75 bits per heavy atom. The summed E-state index contributed by atoms with van der Waals surface area (Å²) in [6.45, 7) is 5.72. The number of anilines is 1. The van der Waals surface area contributed by atoms with Gasteiger partial charge in [-0.05, 0) is 38.4 Å². The van der Waals surface area contributed by atoms with Crippen molar-refractivity contribution in [3.8, 4) is 0 Å². The third-order valence-electron chi connectivity index (χ3n) is 5.63. The van der Waals surface area contributed by atoms with E-state index >= 15 is 0 Å². The second-order valence-corrected chi connectivity index (χ2v) is 7.37. The Balaban J connectivity index is 1.47. The van der Waals surface area contributed by atoms with Crippen molar-refractivity contribution < 1.29 is 4.79 Å². The number of likely N-dealkylation sites (tertiary alicyclic amines) is 1. The number of hydrogen-bond acceptors (Lipinski definition) is 5. The number of rotatable bonds is 2. The van der Waals surface area contributed by atoms with Gasteiger partial charge < -0.3 is 20.0 Å². The Morgan fingerprint density at radius 2 is 1.92 bits per heavy atom. The lowest BCUT2D eigenvalue weighted by Crippen LogP contribution is -2.45. The summed E-state index contributed by atoms with van der Waals surface area (Å²) in [6.07, 6.45) is 5.30. The first kappa shape index (κ1) is 15.8. The minimum absolute atomic E-state index is 0.155. The molecule has 0 spiro atoms. The van der Waals surface area contributed by atoms with E-state index in [1.165, 1.54) is 12.8 Å². The van der Waals surface area contributed by atoms with E-state index in [4.69, 9.17) is 0 Å². The van der Waals surface area contributed by atoms with Gasteiger partial charge in [-0.25, -0.2) is 4.98 Å². The van der Waals surface area contributed by atoms with E-state index in [1.807, 2.05) is 17.0 Å². The van der Waals surface area contributed by atoms with Crippen molar-refractivity contribution in [2.75, 3.05) is 51.2 Å². The lowest BCUT2D eigenvalue weighted by atomic mass is 10.1. The zero-order chi connectivity index (χ0) is 16.5. The zero-order valence-electron chi connectivity index (χ0n) is 14.4. The monoisotopic (exact) mass is 329 g/mol. The van der Waals surface area contributed by atoms with Crippen LogP contribution in [0.15, 0.2) is 18.3 Å². The average molecular weight is 329 g/mol. The Hall–Kier alpha value is -1.66. The van der Waals surface area contributed by atoms with E-state index in [-0.39, 0.29) is 5.91 Å².